The zero-order valence-electron chi connectivity index (χ0n) is 9.59. The number of hydrogen-bond acceptors (Lipinski definition) is 2. The molecule has 0 aliphatic carbocycles. The van der Waals surface area contributed by atoms with Gasteiger partial charge in [0.15, 0.2) is 0 Å². The summed E-state index contributed by atoms with van der Waals surface area (Å²) in [4.78, 5) is 4.63. The van der Waals surface area contributed by atoms with Gasteiger partial charge in [-0.15, -0.1) is 0 Å². The summed E-state index contributed by atoms with van der Waals surface area (Å²) in [7, 11) is 0. The Hall–Kier alpha value is -2.29. The molecule has 0 fully saturated rings. The Morgan fingerprint density at radius 3 is 2.82 bits per heavy atom. The first-order chi connectivity index (χ1) is 8.24. The first-order valence-electron chi connectivity index (χ1n) is 5.54. The molecule has 3 heteroatoms. The van der Waals surface area contributed by atoms with Crippen molar-refractivity contribution in [2.45, 2.75) is 6.92 Å². The summed E-state index contributed by atoms with van der Waals surface area (Å²) < 4.78 is 2.04. The van der Waals surface area contributed by atoms with Crippen LogP contribution < -0.4 is 5.73 Å². The predicted molar refractivity (Wildman–Crippen MR) is 69.8 cm³/mol. The number of benzene rings is 1. The molecule has 0 bridgehead atoms. The Labute approximate surface area is 99.5 Å². The molecule has 0 aliphatic heterocycles. The van der Waals surface area contributed by atoms with Gasteiger partial charge in [-0.05, 0) is 30.7 Å². The van der Waals surface area contributed by atoms with E-state index in [1.165, 1.54) is 5.56 Å². The normalized spacial score (nSPS) is 10.9. The summed E-state index contributed by atoms with van der Waals surface area (Å²) in [5.74, 6) is 0. The van der Waals surface area contributed by atoms with Crippen molar-refractivity contribution in [2.24, 2.45) is 0 Å². The molecule has 2 heterocycles. The Kier molecular flexibility index (Phi) is 2.11. The molecule has 2 aromatic heterocycles. The van der Waals surface area contributed by atoms with Gasteiger partial charge < -0.3 is 10.1 Å². The van der Waals surface area contributed by atoms with E-state index in [-0.39, 0.29) is 0 Å². The van der Waals surface area contributed by atoms with Crippen molar-refractivity contribution < 1.29 is 0 Å². The lowest BCUT2D eigenvalue weighted by molar-refractivity contribution is 1.16. The number of aromatic nitrogens is 2. The Morgan fingerprint density at radius 1 is 1.18 bits per heavy atom. The van der Waals surface area contributed by atoms with E-state index < -0.39 is 0 Å². The second-order valence-corrected chi connectivity index (χ2v) is 4.17. The molecule has 0 saturated carbocycles. The molecule has 17 heavy (non-hydrogen) atoms. The SMILES string of the molecule is Cc1cccn2cc(-c3cccc(N)c3)nc12. The first kappa shape index (κ1) is 9.90. The van der Waals surface area contributed by atoms with Crippen molar-refractivity contribution in [3.05, 3.63) is 54.4 Å². The van der Waals surface area contributed by atoms with Crippen molar-refractivity contribution in [1.29, 1.82) is 0 Å². The van der Waals surface area contributed by atoms with E-state index in [1.54, 1.807) is 0 Å². The van der Waals surface area contributed by atoms with Crippen molar-refractivity contribution in [3.8, 4) is 11.3 Å². The number of nitrogens with zero attached hydrogens (tertiary/aromatic N) is 2. The Bertz CT molecular complexity index is 683. The minimum absolute atomic E-state index is 0.760. The van der Waals surface area contributed by atoms with Crippen LogP contribution in [0.1, 0.15) is 5.56 Å². The molecule has 0 aliphatic rings. The number of nitrogens with two attached hydrogens (primary N) is 1. The quantitative estimate of drug-likeness (QED) is 0.644. The van der Waals surface area contributed by atoms with Crippen LogP contribution in [-0.4, -0.2) is 9.38 Å². The van der Waals surface area contributed by atoms with Crippen LogP contribution in [0.15, 0.2) is 48.8 Å². The van der Waals surface area contributed by atoms with Crippen LogP contribution in [0.4, 0.5) is 5.69 Å². The van der Waals surface area contributed by atoms with Gasteiger partial charge in [-0.3, -0.25) is 0 Å². The van der Waals surface area contributed by atoms with E-state index >= 15 is 0 Å². The first-order valence-corrected chi connectivity index (χ1v) is 5.54. The molecule has 0 unspecified atom stereocenters. The Balaban J connectivity index is 2.22. The molecule has 0 amide bonds. The second-order valence-electron chi connectivity index (χ2n) is 4.17. The van der Waals surface area contributed by atoms with Crippen LogP contribution in [0.5, 0.6) is 0 Å². The third kappa shape index (κ3) is 1.65. The molecule has 0 saturated heterocycles. The predicted octanol–water partition coefficient (Wildman–Crippen LogP) is 2.89. The van der Waals surface area contributed by atoms with E-state index in [9.17, 15) is 0 Å². The maximum atomic E-state index is 5.79. The molecule has 1 aromatic carbocycles. The molecular weight excluding hydrogens is 210 g/mol. The van der Waals surface area contributed by atoms with Crippen molar-refractivity contribution in [1.82, 2.24) is 9.38 Å². The summed E-state index contributed by atoms with van der Waals surface area (Å²) in [6, 6.07) is 11.9. The summed E-state index contributed by atoms with van der Waals surface area (Å²) in [5.41, 5.74) is 10.7. The highest BCUT2D eigenvalue weighted by molar-refractivity contribution is 5.67. The van der Waals surface area contributed by atoms with Crippen LogP contribution in [0, 0.1) is 6.92 Å². The van der Waals surface area contributed by atoms with Crippen LogP contribution in [0.25, 0.3) is 16.9 Å². The highest BCUT2D eigenvalue weighted by atomic mass is 15.0. The zero-order valence-corrected chi connectivity index (χ0v) is 9.59. The van der Waals surface area contributed by atoms with Crippen molar-refractivity contribution >= 4 is 11.3 Å². The average molecular weight is 223 g/mol. The van der Waals surface area contributed by atoms with Gasteiger partial charge in [0, 0.05) is 23.6 Å². The lowest BCUT2D eigenvalue weighted by Crippen LogP contribution is -1.85. The molecule has 2 N–H and O–H groups in total. The third-order valence-corrected chi connectivity index (χ3v) is 2.86. The lowest BCUT2D eigenvalue weighted by atomic mass is 10.1. The highest BCUT2D eigenvalue weighted by Gasteiger charge is 2.05. The van der Waals surface area contributed by atoms with Gasteiger partial charge in [0.25, 0.3) is 0 Å². The molecule has 0 atom stereocenters. The van der Waals surface area contributed by atoms with E-state index in [1.807, 2.05) is 47.1 Å². The zero-order chi connectivity index (χ0) is 11.8. The fourth-order valence-corrected chi connectivity index (χ4v) is 1.99. The van der Waals surface area contributed by atoms with Gasteiger partial charge in [-0.2, -0.15) is 0 Å². The molecule has 0 spiro atoms. The van der Waals surface area contributed by atoms with E-state index in [2.05, 4.69) is 18.0 Å². The van der Waals surface area contributed by atoms with Crippen LogP contribution >= 0.6 is 0 Å². The molecule has 0 radical (unpaired) electrons. The number of anilines is 1. The number of nitrogen functional groups attached to an aromatic ring is 1. The summed E-state index contributed by atoms with van der Waals surface area (Å²) >= 11 is 0. The molecule has 3 nitrogen and oxygen atoms in total. The number of aryl methyl sites for hydroxylation is 1. The van der Waals surface area contributed by atoms with Gasteiger partial charge in [0.05, 0.1) is 5.69 Å². The summed E-state index contributed by atoms with van der Waals surface area (Å²) in [6.07, 6.45) is 4.03. The second kappa shape index (κ2) is 3.63. The van der Waals surface area contributed by atoms with Crippen LogP contribution in [0.3, 0.4) is 0 Å². The van der Waals surface area contributed by atoms with Gasteiger partial charge in [-0.25, -0.2) is 4.98 Å². The molecule has 3 rings (SSSR count). The van der Waals surface area contributed by atoms with Gasteiger partial charge in [0.1, 0.15) is 5.65 Å². The van der Waals surface area contributed by atoms with Crippen LogP contribution in [0.2, 0.25) is 0 Å². The lowest BCUT2D eigenvalue weighted by Gasteiger charge is -1.97. The monoisotopic (exact) mass is 223 g/mol. The number of imidazole rings is 1. The summed E-state index contributed by atoms with van der Waals surface area (Å²) in [6.45, 7) is 2.06. The molecule has 3 aromatic rings. The standard InChI is InChI=1S/C14H13N3/c1-10-4-3-7-17-9-13(16-14(10)17)11-5-2-6-12(15)8-11/h2-9H,15H2,1H3. The maximum absolute atomic E-state index is 5.79. The minimum Gasteiger partial charge on any atom is -0.399 e. The largest absolute Gasteiger partial charge is 0.399 e. The van der Waals surface area contributed by atoms with Crippen LogP contribution in [-0.2, 0) is 0 Å². The number of pyridine rings is 1. The number of hydrogen-bond donors (Lipinski definition) is 1. The average Bonchev–Trinajstić information content (AvgIpc) is 2.74. The molecular formula is C14H13N3. The van der Waals surface area contributed by atoms with Crippen molar-refractivity contribution in [2.75, 3.05) is 5.73 Å². The van der Waals surface area contributed by atoms with E-state index in [4.69, 9.17) is 5.73 Å². The van der Waals surface area contributed by atoms with E-state index in [0.29, 0.717) is 0 Å². The Morgan fingerprint density at radius 2 is 2.06 bits per heavy atom. The highest BCUT2D eigenvalue weighted by Crippen LogP contribution is 2.22. The number of fused-ring (bicyclic) bond motifs is 1. The topological polar surface area (TPSA) is 43.3 Å². The third-order valence-electron chi connectivity index (χ3n) is 2.86. The maximum Gasteiger partial charge on any atom is 0.140 e. The molecule has 84 valence electrons. The fraction of sp³-hybridized carbons (Fsp3) is 0.0714. The van der Waals surface area contributed by atoms with Crippen molar-refractivity contribution in [3.63, 3.8) is 0 Å². The fourth-order valence-electron chi connectivity index (χ4n) is 1.99. The van der Waals surface area contributed by atoms with Gasteiger partial charge >= 0.3 is 0 Å². The van der Waals surface area contributed by atoms with E-state index in [0.717, 1.165) is 22.6 Å². The van der Waals surface area contributed by atoms with Gasteiger partial charge in [-0.1, -0.05) is 18.2 Å². The number of rotatable bonds is 1. The smallest absolute Gasteiger partial charge is 0.140 e. The van der Waals surface area contributed by atoms with Gasteiger partial charge in [0.2, 0.25) is 0 Å². The minimum atomic E-state index is 0.760. The summed E-state index contributed by atoms with van der Waals surface area (Å²) in [5, 5.41) is 0.